The van der Waals surface area contributed by atoms with Crippen LogP contribution in [0.1, 0.15) is 28.3 Å². The first kappa shape index (κ1) is 17.6. The number of benzene rings is 2. The summed E-state index contributed by atoms with van der Waals surface area (Å²) in [6.45, 7) is 1.96. The summed E-state index contributed by atoms with van der Waals surface area (Å²) in [6.07, 6.45) is 0. The van der Waals surface area contributed by atoms with Crippen molar-refractivity contribution in [3.05, 3.63) is 88.2 Å². The van der Waals surface area contributed by atoms with E-state index < -0.39 is 5.92 Å². The number of nitrogens with two attached hydrogens (primary N) is 1. The molecule has 0 spiro atoms. The number of nitrogens with zero attached hydrogens (tertiary/aromatic N) is 2. The predicted octanol–water partition coefficient (Wildman–Crippen LogP) is 3.65. The molecule has 7 heteroatoms. The van der Waals surface area contributed by atoms with Gasteiger partial charge in [0.2, 0.25) is 11.8 Å². The van der Waals surface area contributed by atoms with Crippen molar-refractivity contribution in [1.82, 2.24) is 10.2 Å². The molecule has 3 aromatic rings. The van der Waals surface area contributed by atoms with Gasteiger partial charge in [-0.05, 0) is 30.7 Å². The largest absolute Gasteiger partial charge is 0.489 e. The first-order valence-corrected chi connectivity index (χ1v) is 8.67. The van der Waals surface area contributed by atoms with Crippen LogP contribution < -0.4 is 15.2 Å². The van der Waals surface area contributed by atoms with Crippen molar-refractivity contribution in [3.63, 3.8) is 0 Å². The number of nitriles is 1. The van der Waals surface area contributed by atoms with E-state index in [4.69, 9.17) is 15.2 Å². The average molecular weight is 376 g/mol. The van der Waals surface area contributed by atoms with Gasteiger partial charge >= 0.3 is 0 Å². The molecule has 0 radical (unpaired) electrons. The molecule has 2 aromatic carbocycles. The molecule has 3 N–H and O–H groups in total. The molecule has 2 heterocycles. The zero-order valence-corrected chi connectivity index (χ0v) is 15.1. The van der Waals surface area contributed by atoms with Gasteiger partial charge < -0.3 is 15.2 Å². The minimum atomic E-state index is -0.426. The van der Waals surface area contributed by atoms with Crippen molar-refractivity contribution in [2.75, 3.05) is 0 Å². The van der Waals surface area contributed by atoms with E-state index in [0.29, 0.717) is 22.8 Å². The van der Waals surface area contributed by atoms with E-state index in [9.17, 15) is 9.65 Å². The van der Waals surface area contributed by atoms with Crippen LogP contribution in [0.25, 0.3) is 0 Å². The van der Waals surface area contributed by atoms with Gasteiger partial charge in [0.05, 0.1) is 5.92 Å². The van der Waals surface area contributed by atoms with Gasteiger partial charge in [0, 0.05) is 16.8 Å². The predicted molar refractivity (Wildman–Crippen MR) is 99.8 cm³/mol. The van der Waals surface area contributed by atoms with Crippen LogP contribution in [-0.2, 0) is 6.61 Å². The summed E-state index contributed by atoms with van der Waals surface area (Å²) in [5.74, 6) is 0.209. The maximum atomic E-state index is 13.8. The highest BCUT2D eigenvalue weighted by Gasteiger charge is 2.34. The Morgan fingerprint density at radius 3 is 2.89 bits per heavy atom. The van der Waals surface area contributed by atoms with Crippen LogP contribution in [0.3, 0.4) is 0 Å². The molecule has 0 fully saturated rings. The quantitative estimate of drug-likeness (QED) is 0.724. The third kappa shape index (κ3) is 3.05. The van der Waals surface area contributed by atoms with Gasteiger partial charge in [-0.15, -0.1) is 5.10 Å². The van der Waals surface area contributed by atoms with Crippen molar-refractivity contribution in [2.45, 2.75) is 19.4 Å². The minimum Gasteiger partial charge on any atom is -0.489 e. The number of allylic oxidation sites excluding steroid dienone is 1. The fourth-order valence-electron chi connectivity index (χ4n) is 3.29. The number of hydrogen-bond acceptors (Lipinski definition) is 5. The van der Waals surface area contributed by atoms with E-state index in [1.54, 1.807) is 24.3 Å². The molecular formula is C21H17FN4O2. The highest BCUT2D eigenvalue weighted by atomic mass is 19.1. The molecule has 28 heavy (non-hydrogen) atoms. The molecule has 140 valence electrons. The van der Waals surface area contributed by atoms with Gasteiger partial charge in [0.25, 0.3) is 0 Å². The Morgan fingerprint density at radius 2 is 2.11 bits per heavy atom. The maximum absolute atomic E-state index is 13.8. The van der Waals surface area contributed by atoms with E-state index in [0.717, 1.165) is 16.8 Å². The van der Waals surface area contributed by atoms with Gasteiger partial charge in [-0.2, -0.15) is 5.26 Å². The summed E-state index contributed by atoms with van der Waals surface area (Å²) in [5.41, 5.74) is 9.07. The third-order valence-electron chi connectivity index (χ3n) is 4.67. The van der Waals surface area contributed by atoms with Crippen LogP contribution in [0.2, 0.25) is 0 Å². The molecule has 1 aliphatic rings. The normalized spacial score (nSPS) is 15.5. The lowest BCUT2D eigenvalue weighted by molar-refractivity contribution is 0.299. The van der Waals surface area contributed by atoms with Crippen molar-refractivity contribution < 1.29 is 13.9 Å². The molecule has 1 atom stereocenters. The smallest absolute Gasteiger partial charge is 0.244 e. The number of rotatable bonds is 4. The molecule has 0 amide bonds. The van der Waals surface area contributed by atoms with Crippen LogP contribution >= 0.6 is 0 Å². The summed E-state index contributed by atoms with van der Waals surface area (Å²) in [5, 5.41) is 16.6. The molecule has 0 aliphatic carbocycles. The summed E-state index contributed by atoms with van der Waals surface area (Å²) in [4.78, 5) is 0. The Hall–Kier alpha value is -3.79. The van der Waals surface area contributed by atoms with Crippen molar-refractivity contribution in [1.29, 1.82) is 5.26 Å². The van der Waals surface area contributed by atoms with Crippen LogP contribution in [0.4, 0.5) is 4.39 Å². The SMILES string of the molecule is Cc1[nH]nc2c1[C@@H](c1cccc(OCc3ccccc3F)c1)C(C#N)=C(N)O2. The van der Waals surface area contributed by atoms with Gasteiger partial charge in [-0.3, -0.25) is 5.10 Å². The lowest BCUT2D eigenvalue weighted by Crippen LogP contribution is -2.21. The van der Waals surface area contributed by atoms with Crippen molar-refractivity contribution in [2.24, 2.45) is 5.73 Å². The first-order valence-electron chi connectivity index (χ1n) is 8.67. The second kappa shape index (κ2) is 7.08. The number of aromatic nitrogens is 2. The fraction of sp³-hybridized carbons (Fsp3) is 0.143. The Labute approximate surface area is 161 Å². The Morgan fingerprint density at radius 1 is 1.29 bits per heavy atom. The van der Waals surface area contributed by atoms with Crippen molar-refractivity contribution >= 4 is 0 Å². The van der Waals surface area contributed by atoms with Gasteiger partial charge in [-0.25, -0.2) is 4.39 Å². The molecule has 1 aliphatic heterocycles. The van der Waals surface area contributed by atoms with Crippen LogP contribution in [0.5, 0.6) is 11.6 Å². The fourth-order valence-corrected chi connectivity index (χ4v) is 3.29. The van der Waals surface area contributed by atoms with E-state index in [1.807, 2.05) is 25.1 Å². The number of aromatic amines is 1. The molecule has 6 nitrogen and oxygen atoms in total. The van der Waals surface area contributed by atoms with E-state index >= 15 is 0 Å². The molecule has 0 unspecified atom stereocenters. The van der Waals surface area contributed by atoms with E-state index in [-0.39, 0.29) is 18.3 Å². The molecule has 0 bridgehead atoms. The zero-order chi connectivity index (χ0) is 19.7. The van der Waals surface area contributed by atoms with Crippen LogP contribution in [0, 0.1) is 24.1 Å². The average Bonchev–Trinajstić information content (AvgIpc) is 3.06. The Bertz CT molecular complexity index is 1110. The number of aryl methyl sites for hydroxylation is 1. The van der Waals surface area contributed by atoms with Crippen LogP contribution in [-0.4, -0.2) is 10.2 Å². The molecule has 4 rings (SSSR count). The molecule has 0 saturated heterocycles. The lowest BCUT2D eigenvalue weighted by Gasteiger charge is -2.24. The number of hydrogen-bond donors (Lipinski definition) is 2. The van der Waals surface area contributed by atoms with Crippen LogP contribution in [0.15, 0.2) is 60.0 Å². The number of nitrogens with one attached hydrogen (secondary N) is 1. The third-order valence-corrected chi connectivity index (χ3v) is 4.67. The van der Waals surface area contributed by atoms with E-state index in [2.05, 4.69) is 16.3 Å². The minimum absolute atomic E-state index is 0.0316. The summed E-state index contributed by atoms with van der Waals surface area (Å²) in [6, 6.07) is 15.9. The molecular weight excluding hydrogens is 359 g/mol. The summed E-state index contributed by atoms with van der Waals surface area (Å²) < 4.78 is 25.1. The standard InChI is InChI=1S/C21H17FN4O2/c1-12-18-19(16(10-23)20(24)28-21(18)26-25-12)13-6-4-7-15(9-13)27-11-14-5-2-3-8-17(14)22/h2-9,19H,11,24H2,1H3,(H,25,26)/t19-/m0/s1. The zero-order valence-electron chi connectivity index (χ0n) is 15.1. The second-order valence-electron chi connectivity index (χ2n) is 6.44. The summed E-state index contributed by atoms with van der Waals surface area (Å²) in [7, 11) is 0. The van der Waals surface area contributed by atoms with Crippen molar-refractivity contribution in [3.8, 4) is 17.7 Å². The molecule has 0 saturated carbocycles. The summed E-state index contributed by atoms with van der Waals surface area (Å²) >= 11 is 0. The number of fused-ring (bicyclic) bond motifs is 1. The molecule has 1 aromatic heterocycles. The van der Waals surface area contributed by atoms with Gasteiger partial charge in [0.15, 0.2) is 0 Å². The highest BCUT2D eigenvalue weighted by molar-refractivity contribution is 5.55. The Balaban J connectivity index is 1.68. The topological polar surface area (TPSA) is 97.0 Å². The highest BCUT2D eigenvalue weighted by Crippen LogP contribution is 2.43. The van der Waals surface area contributed by atoms with Gasteiger partial charge in [-0.1, -0.05) is 30.3 Å². The second-order valence-corrected chi connectivity index (χ2v) is 6.44. The van der Waals surface area contributed by atoms with Gasteiger partial charge in [0.1, 0.15) is 29.8 Å². The number of ether oxygens (including phenoxy) is 2. The first-order chi connectivity index (χ1) is 13.6. The Kier molecular flexibility index (Phi) is 4.45. The number of H-pyrrole nitrogens is 1. The lowest BCUT2D eigenvalue weighted by atomic mass is 9.84. The monoisotopic (exact) mass is 376 g/mol. The maximum Gasteiger partial charge on any atom is 0.244 e. The van der Waals surface area contributed by atoms with E-state index in [1.165, 1.54) is 6.07 Å². The number of halogens is 1.